The highest BCUT2D eigenvalue weighted by Gasteiger charge is 2.34. The normalized spacial score (nSPS) is 26.3. The molecular formula is C15H22N2O4S2. The van der Waals surface area contributed by atoms with Crippen LogP contribution in [0.4, 0.5) is 0 Å². The van der Waals surface area contributed by atoms with Gasteiger partial charge in [0.05, 0.1) is 12.0 Å². The van der Waals surface area contributed by atoms with Crippen molar-refractivity contribution in [1.82, 2.24) is 9.62 Å². The molecular weight excluding hydrogens is 336 g/mol. The number of rotatable bonds is 5. The van der Waals surface area contributed by atoms with Gasteiger partial charge in [0.25, 0.3) is 10.0 Å². The Morgan fingerprint density at radius 1 is 1.39 bits per heavy atom. The van der Waals surface area contributed by atoms with Gasteiger partial charge < -0.3 is 10.1 Å². The molecule has 2 aliphatic rings. The lowest BCUT2D eigenvalue weighted by Gasteiger charge is -2.31. The van der Waals surface area contributed by atoms with E-state index in [2.05, 4.69) is 5.32 Å². The first-order valence-electron chi connectivity index (χ1n) is 8.00. The molecule has 2 atom stereocenters. The molecule has 0 radical (unpaired) electrons. The molecule has 3 heterocycles. The minimum atomic E-state index is -3.47. The number of carbonyl (C=O) groups excluding carboxylic acids is 1. The average molecular weight is 358 g/mol. The Balaban J connectivity index is 1.58. The number of amides is 1. The molecule has 0 unspecified atom stereocenters. The molecule has 1 aromatic rings. The van der Waals surface area contributed by atoms with Crippen LogP contribution in [0.25, 0.3) is 0 Å². The van der Waals surface area contributed by atoms with Crippen molar-refractivity contribution in [3.63, 3.8) is 0 Å². The Morgan fingerprint density at radius 3 is 2.96 bits per heavy atom. The summed E-state index contributed by atoms with van der Waals surface area (Å²) >= 11 is 1.21. The van der Waals surface area contributed by atoms with Gasteiger partial charge in [0, 0.05) is 26.2 Å². The van der Waals surface area contributed by atoms with Crippen molar-refractivity contribution in [3.05, 3.63) is 17.5 Å². The summed E-state index contributed by atoms with van der Waals surface area (Å²) < 4.78 is 32.4. The first-order chi connectivity index (χ1) is 11.1. The van der Waals surface area contributed by atoms with Gasteiger partial charge in [-0.25, -0.2) is 8.42 Å². The summed E-state index contributed by atoms with van der Waals surface area (Å²) in [5, 5.41) is 4.67. The van der Waals surface area contributed by atoms with Gasteiger partial charge in [-0.2, -0.15) is 4.31 Å². The number of hydrogen-bond donors (Lipinski definition) is 1. The number of thiophene rings is 1. The molecule has 1 N–H and O–H groups in total. The van der Waals surface area contributed by atoms with E-state index in [0.29, 0.717) is 23.7 Å². The van der Waals surface area contributed by atoms with Gasteiger partial charge in [-0.1, -0.05) is 6.07 Å². The summed E-state index contributed by atoms with van der Waals surface area (Å²) in [6.07, 6.45) is 3.56. The van der Waals surface area contributed by atoms with Crippen LogP contribution in [0.1, 0.15) is 25.7 Å². The van der Waals surface area contributed by atoms with Crippen molar-refractivity contribution in [2.45, 2.75) is 36.0 Å². The third kappa shape index (κ3) is 3.93. The van der Waals surface area contributed by atoms with Crippen LogP contribution in [0.15, 0.2) is 21.7 Å². The predicted molar refractivity (Wildman–Crippen MR) is 87.8 cm³/mol. The third-order valence-electron chi connectivity index (χ3n) is 4.37. The van der Waals surface area contributed by atoms with Gasteiger partial charge in [-0.15, -0.1) is 11.3 Å². The third-order valence-corrected chi connectivity index (χ3v) is 7.61. The Labute approximate surface area is 140 Å². The number of hydrogen-bond acceptors (Lipinski definition) is 5. The summed E-state index contributed by atoms with van der Waals surface area (Å²) in [6.45, 7) is 2.02. The maximum atomic E-state index is 12.6. The fourth-order valence-corrected chi connectivity index (χ4v) is 5.74. The van der Waals surface area contributed by atoms with Crippen LogP contribution < -0.4 is 5.32 Å². The Bertz CT molecular complexity index is 624. The van der Waals surface area contributed by atoms with Gasteiger partial charge in [-0.3, -0.25) is 4.79 Å². The van der Waals surface area contributed by atoms with Crippen LogP contribution in [0.2, 0.25) is 0 Å². The van der Waals surface area contributed by atoms with Crippen molar-refractivity contribution in [2.75, 3.05) is 26.2 Å². The van der Waals surface area contributed by atoms with Crippen molar-refractivity contribution < 1.29 is 17.9 Å². The van der Waals surface area contributed by atoms with E-state index < -0.39 is 10.0 Å². The van der Waals surface area contributed by atoms with E-state index in [-0.39, 0.29) is 24.5 Å². The molecule has 23 heavy (non-hydrogen) atoms. The maximum Gasteiger partial charge on any atom is 0.252 e. The summed E-state index contributed by atoms with van der Waals surface area (Å²) in [4.78, 5) is 12.3. The molecule has 6 nitrogen and oxygen atoms in total. The van der Waals surface area contributed by atoms with Crippen LogP contribution in [0.3, 0.4) is 0 Å². The maximum absolute atomic E-state index is 12.6. The molecule has 0 aromatic carbocycles. The average Bonchev–Trinajstić information content (AvgIpc) is 3.26. The Morgan fingerprint density at radius 2 is 2.26 bits per heavy atom. The van der Waals surface area contributed by atoms with Crippen molar-refractivity contribution in [1.29, 1.82) is 0 Å². The van der Waals surface area contributed by atoms with Gasteiger partial charge in [0.15, 0.2) is 0 Å². The second kappa shape index (κ2) is 7.29. The Hall–Kier alpha value is -0.960. The summed E-state index contributed by atoms with van der Waals surface area (Å²) in [5.41, 5.74) is 0. The van der Waals surface area contributed by atoms with Crippen molar-refractivity contribution >= 4 is 27.3 Å². The van der Waals surface area contributed by atoms with Crippen LogP contribution in [0.5, 0.6) is 0 Å². The molecule has 0 bridgehead atoms. The number of ether oxygens (including phenoxy) is 1. The zero-order valence-corrected chi connectivity index (χ0v) is 14.6. The highest BCUT2D eigenvalue weighted by molar-refractivity contribution is 7.91. The monoisotopic (exact) mass is 358 g/mol. The number of piperidine rings is 1. The lowest BCUT2D eigenvalue weighted by Crippen LogP contribution is -2.46. The number of carbonyl (C=O) groups is 1. The topological polar surface area (TPSA) is 75.7 Å². The van der Waals surface area contributed by atoms with Gasteiger partial charge in [0.1, 0.15) is 4.21 Å². The van der Waals surface area contributed by atoms with E-state index in [0.717, 1.165) is 25.9 Å². The first-order valence-corrected chi connectivity index (χ1v) is 10.3. The zero-order valence-electron chi connectivity index (χ0n) is 12.9. The van der Waals surface area contributed by atoms with Gasteiger partial charge in [0.2, 0.25) is 5.91 Å². The molecule has 2 saturated heterocycles. The number of sulfonamides is 1. The molecule has 0 aliphatic carbocycles. The molecule has 3 rings (SSSR count). The van der Waals surface area contributed by atoms with Gasteiger partial charge >= 0.3 is 0 Å². The van der Waals surface area contributed by atoms with E-state index >= 15 is 0 Å². The minimum absolute atomic E-state index is 0.0634. The van der Waals surface area contributed by atoms with Crippen LogP contribution >= 0.6 is 11.3 Å². The molecule has 1 amide bonds. The quantitative estimate of drug-likeness (QED) is 0.864. The van der Waals surface area contributed by atoms with E-state index in [9.17, 15) is 13.2 Å². The van der Waals surface area contributed by atoms with Crippen LogP contribution in [0, 0.1) is 5.92 Å². The van der Waals surface area contributed by atoms with Crippen molar-refractivity contribution in [2.24, 2.45) is 5.92 Å². The summed E-state index contributed by atoms with van der Waals surface area (Å²) in [5.74, 6) is -0.341. The molecule has 0 saturated carbocycles. The zero-order chi connectivity index (χ0) is 16.3. The molecule has 2 fully saturated rings. The number of nitrogens with zero attached hydrogens (tertiary/aromatic N) is 1. The molecule has 128 valence electrons. The van der Waals surface area contributed by atoms with Gasteiger partial charge in [-0.05, 0) is 37.1 Å². The first kappa shape index (κ1) is 16.9. The van der Waals surface area contributed by atoms with E-state index in [1.54, 1.807) is 17.5 Å². The fraction of sp³-hybridized carbons (Fsp3) is 0.667. The van der Waals surface area contributed by atoms with Crippen molar-refractivity contribution in [3.8, 4) is 0 Å². The second-order valence-electron chi connectivity index (χ2n) is 6.01. The highest BCUT2D eigenvalue weighted by atomic mass is 32.2. The van der Waals surface area contributed by atoms with E-state index in [4.69, 9.17) is 4.74 Å². The minimum Gasteiger partial charge on any atom is -0.376 e. The van der Waals surface area contributed by atoms with Crippen LogP contribution in [-0.2, 0) is 19.6 Å². The van der Waals surface area contributed by atoms with Crippen LogP contribution in [-0.4, -0.2) is 51.0 Å². The largest absolute Gasteiger partial charge is 0.376 e. The van der Waals surface area contributed by atoms with E-state index in [1.807, 2.05) is 0 Å². The lowest BCUT2D eigenvalue weighted by molar-refractivity contribution is -0.126. The SMILES string of the molecule is O=C(NC[C@@H]1CCCO1)[C@H]1CCCN(S(=O)(=O)c2cccs2)C1. The predicted octanol–water partition coefficient (Wildman–Crippen LogP) is 1.44. The number of nitrogens with one attached hydrogen (secondary N) is 1. The Kier molecular flexibility index (Phi) is 5.35. The summed E-state index contributed by atoms with van der Waals surface area (Å²) in [7, 11) is -3.47. The molecule has 0 spiro atoms. The van der Waals surface area contributed by atoms with E-state index in [1.165, 1.54) is 15.6 Å². The lowest BCUT2D eigenvalue weighted by atomic mass is 9.99. The molecule has 8 heteroatoms. The molecule has 1 aromatic heterocycles. The highest BCUT2D eigenvalue weighted by Crippen LogP contribution is 2.26. The fourth-order valence-electron chi connectivity index (χ4n) is 3.08. The standard InChI is InChI=1S/C15H22N2O4S2/c18-15(16-10-13-5-2-8-21-13)12-4-1-7-17(11-12)23(19,20)14-6-3-9-22-14/h3,6,9,12-13H,1-2,4-5,7-8,10-11H2,(H,16,18)/t12-,13-/m0/s1. The summed E-state index contributed by atoms with van der Waals surface area (Å²) in [6, 6.07) is 3.34. The molecule has 2 aliphatic heterocycles. The second-order valence-corrected chi connectivity index (χ2v) is 9.13. The smallest absolute Gasteiger partial charge is 0.252 e.